The second-order valence-electron chi connectivity index (χ2n) is 7.06. The monoisotopic (exact) mass is 435 g/mol. The lowest BCUT2D eigenvalue weighted by Crippen LogP contribution is -2.41. The van der Waals surface area contributed by atoms with Crippen molar-refractivity contribution in [3.05, 3.63) is 59.6 Å². The van der Waals surface area contributed by atoms with Gasteiger partial charge in [0.05, 0.1) is 10.6 Å². The number of rotatable bonds is 9. The molecule has 1 saturated heterocycles. The molecule has 2 aromatic rings. The highest BCUT2D eigenvalue weighted by Gasteiger charge is 2.27. The molecule has 8 heteroatoms. The number of nitrogens with zero attached hydrogens (tertiary/aromatic N) is 2. The van der Waals surface area contributed by atoms with Crippen molar-refractivity contribution in [2.75, 3.05) is 37.0 Å². The average Bonchev–Trinajstić information content (AvgIpc) is 3.23. The van der Waals surface area contributed by atoms with E-state index in [4.69, 9.17) is 11.6 Å². The lowest BCUT2D eigenvalue weighted by atomic mass is 10.3. The molecule has 0 aliphatic carbocycles. The predicted octanol–water partition coefficient (Wildman–Crippen LogP) is 3.14. The fourth-order valence-electron chi connectivity index (χ4n) is 3.39. The molecule has 1 fully saturated rings. The van der Waals surface area contributed by atoms with E-state index in [0.29, 0.717) is 17.3 Å². The minimum atomic E-state index is -3.90. The van der Waals surface area contributed by atoms with Gasteiger partial charge in [-0.2, -0.15) is 0 Å². The molecule has 0 spiro atoms. The Morgan fingerprint density at radius 1 is 1.07 bits per heavy atom. The summed E-state index contributed by atoms with van der Waals surface area (Å²) in [6.07, 6.45) is 3.31. The maximum atomic E-state index is 13.2. The van der Waals surface area contributed by atoms with Crippen LogP contribution in [0, 0.1) is 0 Å². The largest absolute Gasteiger partial charge is 0.354 e. The fraction of sp³-hybridized carbons (Fsp3) is 0.381. The highest BCUT2D eigenvalue weighted by molar-refractivity contribution is 7.92. The maximum absolute atomic E-state index is 13.2. The fourth-order valence-corrected chi connectivity index (χ4v) is 5.01. The second-order valence-corrected chi connectivity index (χ2v) is 9.36. The predicted molar refractivity (Wildman–Crippen MR) is 116 cm³/mol. The van der Waals surface area contributed by atoms with Crippen molar-refractivity contribution in [2.24, 2.45) is 0 Å². The van der Waals surface area contributed by atoms with Gasteiger partial charge in [0.1, 0.15) is 6.54 Å². The second kappa shape index (κ2) is 10.1. The minimum Gasteiger partial charge on any atom is -0.354 e. The van der Waals surface area contributed by atoms with Crippen molar-refractivity contribution in [1.82, 2.24) is 10.2 Å². The number of likely N-dealkylation sites (tertiary alicyclic amines) is 1. The average molecular weight is 436 g/mol. The van der Waals surface area contributed by atoms with E-state index in [0.717, 1.165) is 30.4 Å². The maximum Gasteiger partial charge on any atom is 0.264 e. The van der Waals surface area contributed by atoms with Gasteiger partial charge in [-0.15, -0.1) is 0 Å². The van der Waals surface area contributed by atoms with Crippen molar-refractivity contribution in [3.8, 4) is 0 Å². The first-order valence-electron chi connectivity index (χ1n) is 9.79. The van der Waals surface area contributed by atoms with Gasteiger partial charge in [0.2, 0.25) is 5.91 Å². The van der Waals surface area contributed by atoms with Gasteiger partial charge in [-0.25, -0.2) is 8.42 Å². The molecule has 29 heavy (non-hydrogen) atoms. The van der Waals surface area contributed by atoms with Gasteiger partial charge in [-0.3, -0.25) is 9.10 Å². The summed E-state index contributed by atoms with van der Waals surface area (Å²) in [6.45, 7) is 3.39. The van der Waals surface area contributed by atoms with E-state index in [1.54, 1.807) is 42.5 Å². The summed E-state index contributed by atoms with van der Waals surface area (Å²) in [5.41, 5.74) is 0.355. The number of nitrogens with one attached hydrogen (secondary N) is 1. The quantitative estimate of drug-likeness (QED) is 0.614. The van der Waals surface area contributed by atoms with Crippen molar-refractivity contribution in [2.45, 2.75) is 24.2 Å². The number of halogens is 1. The molecule has 156 valence electrons. The number of sulfonamides is 1. The standard InChI is InChI=1S/C21H26ClN3O3S/c22-18-8-6-9-19(16-18)25(29(27,28)20-10-2-1-3-11-20)17-21(26)23-12-7-15-24-13-4-5-14-24/h1-3,6,8-11,16H,4-5,7,12-15,17H2,(H,23,26). The Morgan fingerprint density at radius 2 is 1.79 bits per heavy atom. The first-order valence-corrected chi connectivity index (χ1v) is 11.6. The van der Waals surface area contributed by atoms with E-state index in [1.807, 2.05) is 0 Å². The van der Waals surface area contributed by atoms with Crippen molar-refractivity contribution < 1.29 is 13.2 Å². The zero-order valence-corrected chi connectivity index (χ0v) is 17.8. The molecule has 0 unspecified atom stereocenters. The lowest BCUT2D eigenvalue weighted by Gasteiger charge is -2.24. The van der Waals surface area contributed by atoms with Crippen LogP contribution in [-0.2, 0) is 14.8 Å². The summed E-state index contributed by atoms with van der Waals surface area (Å²) >= 11 is 6.06. The lowest BCUT2D eigenvalue weighted by molar-refractivity contribution is -0.119. The number of anilines is 1. The third-order valence-corrected chi connectivity index (χ3v) is 6.91. The summed E-state index contributed by atoms with van der Waals surface area (Å²) in [6, 6.07) is 14.6. The highest BCUT2D eigenvalue weighted by Crippen LogP contribution is 2.25. The van der Waals surface area contributed by atoms with Crippen LogP contribution in [0.25, 0.3) is 0 Å². The van der Waals surface area contributed by atoms with Gasteiger partial charge in [0.25, 0.3) is 10.0 Å². The molecule has 2 aromatic carbocycles. The van der Waals surface area contributed by atoms with E-state index in [2.05, 4.69) is 10.2 Å². The SMILES string of the molecule is O=C(CN(c1cccc(Cl)c1)S(=O)(=O)c1ccccc1)NCCCN1CCCC1. The first-order chi connectivity index (χ1) is 14.0. The van der Waals surface area contributed by atoms with Crippen molar-refractivity contribution >= 4 is 33.2 Å². The van der Waals surface area contributed by atoms with Crippen molar-refractivity contribution in [1.29, 1.82) is 0 Å². The molecule has 1 amide bonds. The van der Waals surface area contributed by atoms with Gasteiger partial charge in [0.15, 0.2) is 0 Å². The molecule has 1 N–H and O–H groups in total. The molecule has 6 nitrogen and oxygen atoms in total. The summed E-state index contributed by atoms with van der Waals surface area (Å²) in [5, 5.41) is 3.24. The Bertz CT molecular complexity index is 916. The van der Waals surface area contributed by atoms with E-state index in [1.165, 1.54) is 25.0 Å². The normalized spacial score (nSPS) is 14.7. The van der Waals surface area contributed by atoms with Gasteiger partial charge in [-0.1, -0.05) is 35.9 Å². The molecule has 0 saturated carbocycles. The van der Waals surface area contributed by atoms with E-state index >= 15 is 0 Å². The molecule has 3 rings (SSSR count). The van der Waals surface area contributed by atoms with Crippen LogP contribution in [0.3, 0.4) is 0 Å². The minimum absolute atomic E-state index is 0.127. The smallest absolute Gasteiger partial charge is 0.264 e. The Hall–Kier alpha value is -2.09. The summed E-state index contributed by atoms with van der Waals surface area (Å²) in [5.74, 6) is -0.342. The number of carbonyl (C=O) groups excluding carboxylic acids is 1. The topological polar surface area (TPSA) is 69.7 Å². The number of hydrogen-bond acceptors (Lipinski definition) is 4. The van der Waals surface area contributed by atoms with Crippen LogP contribution in [0.1, 0.15) is 19.3 Å². The van der Waals surface area contributed by atoms with Crippen LogP contribution in [0.4, 0.5) is 5.69 Å². The van der Waals surface area contributed by atoms with E-state index in [9.17, 15) is 13.2 Å². The molecule has 1 aliphatic rings. The van der Waals surface area contributed by atoms with Crippen molar-refractivity contribution in [3.63, 3.8) is 0 Å². The molecular weight excluding hydrogens is 410 g/mol. The molecule has 0 bridgehead atoms. The summed E-state index contributed by atoms with van der Waals surface area (Å²) < 4.78 is 27.5. The molecular formula is C21H26ClN3O3S. The van der Waals surface area contributed by atoms with E-state index < -0.39 is 10.0 Å². The summed E-state index contributed by atoms with van der Waals surface area (Å²) in [7, 11) is -3.90. The van der Waals surface area contributed by atoms with Crippen LogP contribution in [0.2, 0.25) is 5.02 Å². The van der Waals surface area contributed by atoms with Gasteiger partial charge in [-0.05, 0) is 69.2 Å². The van der Waals surface area contributed by atoms with Crippen LogP contribution in [-0.4, -0.2) is 51.9 Å². The van der Waals surface area contributed by atoms with Crippen LogP contribution < -0.4 is 9.62 Å². The molecule has 1 aliphatic heterocycles. The number of amides is 1. The third-order valence-electron chi connectivity index (χ3n) is 4.89. The molecule has 1 heterocycles. The first kappa shape index (κ1) is 21.6. The van der Waals surface area contributed by atoms with Crippen LogP contribution in [0.5, 0.6) is 0 Å². The molecule has 0 aromatic heterocycles. The molecule has 0 radical (unpaired) electrons. The molecule has 0 atom stereocenters. The van der Waals surface area contributed by atoms with Crippen LogP contribution >= 0.6 is 11.6 Å². The Morgan fingerprint density at radius 3 is 2.48 bits per heavy atom. The zero-order valence-electron chi connectivity index (χ0n) is 16.3. The Kier molecular flexibility index (Phi) is 7.52. The number of benzene rings is 2. The van der Waals surface area contributed by atoms with Gasteiger partial charge >= 0.3 is 0 Å². The number of carbonyl (C=O) groups is 1. The summed E-state index contributed by atoms with van der Waals surface area (Å²) in [4.78, 5) is 15.0. The van der Waals surface area contributed by atoms with Crippen LogP contribution in [0.15, 0.2) is 59.5 Å². The Balaban J connectivity index is 1.69. The van der Waals surface area contributed by atoms with E-state index in [-0.39, 0.29) is 17.3 Å². The number of hydrogen-bond donors (Lipinski definition) is 1. The third kappa shape index (κ3) is 5.95. The Labute approximate surface area is 177 Å². The van der Waals surface area contributed by atoms with Gasteiger partial charge in [0, 0.05) is 11.6 Å². The highest BCUT2D eigenvalue weighted by atomic mass is 35.5. The van der Waals surface area contributed by atoms with Gasteiger partial charge < -0.3 is 10.2 Å². The zero-order chi connectivity index (χ0) is 20.7.